The van der Waals surface area contributed by atoms with Crippen LogP contribution in [-0.2, 0) is 6.54 Å². The van der Waals surface area contributed by atoms with Crippen molar-refractivity contribution in [1.29, 1.82) is 0 Å². The van der Waals surface area contributed by atoms with Crippen LogP contribution in [0.25, 0.3) is 0 Å². The highest BCUT2D eigenvalue weighted by Gasteiger charge is 2.24. The Labute approximate surface area is 141 Å². The van der Waals surface area contributed by atoms with Crippen LogP contribution in [0.5, 0.6) is 5.75 Å². The van der Waals surface area contributed by atoms with Crippen molar-refractivity contribution in [3.8, 4) is 5.75 Å². The van der Waals surface area contributed by atoms with Crippen molar-refractivity contribution >= 4 is 17.8 Å². The molecule has 1 N–H and O–H groups in total. The second-order valence-corrected chi connectivity index (χ2v) is 5.98. The quantitative estimate of drug-likeness (QED) is 0.917. The topological polar surface area (TPSA) is 70.6 Å². The standard InChI is InChI=1S/C17H21N5O2/c1-12-10-22(11-13-6-4-5-7-14(13)24-12)17(23)20-16-18-9-8-15(19-16)21(2)3/h4-9,12H,10-11H2,1-3H3,(H,18,19,20,23). The lowest BCUT2D eigenvalue weighted by Gasteiger charge is -2.22. The molecular weight excluding hydrogens is 306 g/mol. The molecular formula is C17H21N5O2. The molecule has 1 aromatic carbocycles. The van der Waals surface area contributed by atoms with Gasteiger partial charge < -0.3 is 14.5 Å². The summed E-state index contributed by atoms with van der Waals surface area (Å²) in [5, 5.41) is 2.77. The number of anilines is 2. The second kappa shape index (κ2) is 6.74. The first-order chi connectivity index (χ1) is 11.5. The lowest BCUT2D eigenvalue weighted by molar-refractivity contribution is 0.166. The molecule has 2 aromatic rings. The number of nitrogens with one attached hydrogen (secondary N) is 1. The molecule has 0 radical (unpaired) electrons. The number of benzene rings is 1. The molecule has 0 saturated carbocycles. The first kappa shape index (κ1) is 16.0. The molecule has 126 valence electrons. The van der Waals surface area contributed by atoms with E-state index in [9.17, 15) is 4.79 Å². The van der Waals surface area contributed by atoms with Gasteiger partial charge in [-0.2, -0.15) is 4.98 Å². The minimum Gasteiger partial charge on any atom is -0.489 e. The van der Waals surface area contributed by atoms with Gasteiger partial charge in [0.05, 0.1) is 13.1 Å². The highest BCUT2D eigenvalue weighted by atomic mass is 16.5. The molecule has 1 aromatic heterocycles. The zero-order valence-corrected chi connectivity index (χ0v) is 14.1. The molecule has 1 aliphatic rings. The van der Waals surface area contributed by atoms with Crippen LogP contribution in [0.1, 0.15) is 12.5 Å². The minimum atomic E-state index is -0.238. The minimum absolute atomic E-state index is 0.0894. The molecule has 1 unspecified atom stereocenters. The third kappa shape index (κ3) is 3.56. The predicted octanol–water partition coefficient (Wildman–Crippen LogP) is 2.36. The van der Waals surface area contributed by atoms with E-state index in [1.54, 1.807) is 17.2 Å². The van der Waals surface area contributed by atoms with Crippen molar-refractivity contribution in [1.82, 2.24) is 14.9 Å². The number of para-hydroxylation sites is 1. The monoisotopic (exact) mass is 327 g/mol. The fourth-order valence-electron chi connectivity index (χ4n) is 2.57. The van der Waals surface area contributed by atoms with E-state index in [-0.39, 0.29) is 18.1 Å². The van der Waals surface area contributed by atoms with Crippen LogP contribution in [0.15, 0.2) is 36.5 Å². The number of urea groups is 1. The third-order valence-corrected chi connectivity index (χ3v) is 3.74. The van der Waals surface area contributed by atoms with Crippen LogP contribution < -0.4 is 15.0 Å². The van der Waals surface area contributed by atoms with Gasteiger partial charge in [-0.1, -0.05) is 18.2 Å². The molecule has 0 spiro atoms. The number of ether oxygens (including phenoxy) is 1. The average Bonchev–Trinajstić information content (AvgIpc) is 2.73. The SMILES string of the molecule is CC1CN(C(=O)Nc2nccc(N(C)C)n2)Cc2ccccc2O1. The summed E-state index contributed by atoms with van der Waals surface area (Å²) in [6, 6.07) is 9.32. The van der Waals surface area contributed by atoms with Gasteiger partial charge in [-0.05, 0) is 19.1 Å². The van der Waals surface area contributed by atoms with Gasteiger partial charge in [0, 0.05) is 25.9 Å². The summed E-state index contributed by atoms with van der Waals surface area (Å²) in [6.07, 6.45) is 1.54. The molecule has 0 bridgehead atoms. The summed E-state index contributed by atoms with van der Waals surface area (Å²) >= 11 is 0. The zero-order chi connectivity index (χ0) is 17.1. The van der Waals surface area contributed by atoms with E-state index in [2.05, 4.69) is 15.3 Å². The van der Waals surface area contributed by atoms with E-state index in [0.717, 1.165) is 17.1 Å². The van der Waals surface area contributed by atoms with Crippen LogP contribution in [0, 0.1) is 0 Å². The van der Waals surface area contributed by atoms with Gasteiger partial charge >= 0.3 is 6.03 Å². The first-order valence-corrected chi connectivity index (χ1v) is 7.84. The Hall–Kier alpha value is -2.83. The van der Waals surface area contributed by atoms with E-state index < -0.39 is 0 Å². The van der Waals surface area contributed by atoms with Gasteiger partial charge in [0.15, 0.2) is 0 Å². The van der Waals surface area contributed by atoms with Crippen LogP contribution in [0.2, 0.25) is 0 Å². The number of hydrogen-bond acceptors (Lipinski definition) is 5. The number of hydrogen-bond donors (Lipinski definition) is 1. The number of rotatable bonds is 2. The fourth-order valence-corrected chi connectivity index (χ4v) is 2.57. The highest BCUT2D eigenvalue weighted by Crippen LogP contribution is 2.25. The molecule has 1 aliphatic heterocycles. The summed E-state index contributed by atoms with van der Waals surface area (Å²) in [6.45, 7) is 2.93. The number of nitrogens with zero attached hydrogens (tertiary/aromatic N) is 4. The summed E-state index contributed by atoms with van der Waals surface area (Å²) in [5.41, 5.74) is 0.986. The molecule has 2 heterocycles. The van der Waals surface area contributed by atoms with E-state index in [0.29, 0.717) is 13.1 Å². The van der Waals surface area contributed by atoms with Crippen LogP contribution in [0.3, 0.4) is 0 Å². The fraction of sp³-hybridized carbons (Fsp3) is 0.353. The van der Waals surface area contributed by atoms with Gasteiger partial charge in [0.1, 0.15) is 17.7 Å². The maximum Gasteiger partial charge on any atom is 0.324 e. The predicted molar refractivity (Wildman–Crippen MR) is 92.3 cm³/mol. The summed E-state index contributed by atoms with van der Waals surface area (Å²) in [4.78, 5) is 24.6. The molecule has 1 atom stereocenters. The van der Waals surface area contributed by atoms with Crippen molar-refractivity contribution < 1.29 is 9.53 Å². The first-order valence-electron chi connectivity index (χ1n) is 7.84. The van der Waals surface area contributed by atoms with Crippen molar-refractivity contribution in [2.24, 2.45) is 0 Å². The van der Waals surface area contributed by atoms with E-state index in [1.165, 1.54) is 0 Å². The van der Waals surface area contributed by atoms with Crippen molar-refractivity contribution in [2.45, 2.75) is 19.6 Å². The zero-order valence-electron chi connectivity index (χ0n) is 14.1. The highest BCUT2D eigenvalue weighted by molar-refractivity contribution is 5.87. The largest absolute Gasteiger partial charge is 0.489 e. The lowest BCUT2D eigenvalue weighted by Crippen LogP contribution is -2.39. The lowest BCUT2D eigenvalue weighted by atomic mass is 10.2. The molecule has 3 rings (SSSR count). The van der Waals surface area contributed by atoms with E-state index in [1.807, 2.05) is 50.2 Å². The number of carbonyl (C=O) groups excluding carboxylic acids is 1. The van der Waals surface area contributed by atoms with Gasteiger partial charge in [-0.25, -0.2) is 9.78 Å². The van der Waals surface area contributed by atoms with Crippen molar-refractivity contribution in [2.75, 3.05) is 30.9 Å². The Morgan fingerprint density at radius 1 is 1.33 bits per heavy atom. The van der Waals surface area contributed by atoms with Crippen LogP contribution in [-0.4, -0.2) is 47.6 Å². The van der Waals surface area contributed by atoms with Crippen LogP contribution >= 0.6 is 0 Å². The summed E-state index contributed by atoms with van der Waals surface area (Å²) in [7, 11) is 3.78. The van der Waals surface area contributed by atoms with Crippen molar-refractivity contribution in [3.05, 3.63) is 42.1 Å². The Kier molecular flexibility index (Phi) is 4.50. The third-order valence-electron chi connectivity index (χ3n) is 3.74. The van der Waals surface area contributed by atoms with E-state index >= 15 is 0 Å². The Balaban J connectivity index is 1.76. The maximum absolute atomic E-state index is 12.6. The number of amides is 2. The number of fused-ring (bicyclic) bond motifs is 1. The Morgan fingerprint density at radius 2 is 2.12 bits per heavy atom. The van der Waals surface area contributed by atoms with Crippen LogP contribution in [0.4, 0.5) is 16.6 Å². The van der Waals surface area contributed by atoms with Crippen molar-refractivity contribution in [3.63, 3.8) is 0 Å². The molecule has 0 fully saturated rings. The van der Waals surface area contributed by atoms with E-state index in [4.69, 9.17) is 4.74 Å². The smallest absolute Gasteiger partial charge is 0.324 e. The maximum atomic E-state index is 12.6. The molecule has 24 heavy (non-hydrogen) atoms. The molecule has 7 heteroatoms. The van der Waals surface area contributed by atoms with Gasteiger partial charge in [0.2, 0.25) is 5.95 Å². The summed E-state index contributed by atoms with van der Waals surface area (Å²) < 4.78 is 5.88. The number of aromatic nitrogens is 2. The van der Waals surface area contributed by atoms with Gasteiger partial charge in [0.25, 0.3) is 0 Å². The summed E-state index contributed by atoms with van der Waals surface area (Å²) in [5.74, 6) is 1.85. The Morgan fingerprint density at radius 3 is 2.92 bits per heavy atom. The molecule has 2 amide bonds. The van der Waals surface area contributed by atoms with Gasteiger partial charge in [-0.15, -0.1) is 0 Å². The molecule has 7 nitrogen and oxygen atoms in total. The average molecular weight is 327 g/mol. The Bertz CT molecular complexity index is 734. The van der Waals surface area contributed by atoms with Gasteiger partial charge in [-0.3, -0.25) is 5.32 Å². The normalized spacial score (nSPS) is 16.6. The molecule has 0 aliphatic carbocycles. The number of carbonyl (C=O) groups is 1. The second-order valence-electron chi connectivity index (χ2n) is 5.98. The molecule has 0 saturated heterocycles.